The van der Waals surface area contributed by atoms with Gasteiger partial charge in [0.15, 0.2) is 5.78 Å². The number of hydrogen-bond acceptors (Lipinski definition) is 4. The second kappa shape index (κ2) is 9.10. The molecule has 0 heterocycles. The van der Waals surface area contributed by atoms with E-state index in [1.807, 2.05) is 0 Å². The lowest BCUT2D eigenvalue weighted by Crippen LogP contribution is -2.64. The highest BCUT2D eigenvalue weighted by Gasteiger charge is 2.51. The minimum atomic E-state index is -2.95. The first-order valence-corrected chi connectivity index (χ1v) is 10.4. The number of carbonyl (C=O) groups is 3. The molecule has 0 saturated heterocycles. The van der Waals surface area contributed by atoms with Crippen molar-refractivity contribution >= 4 is 17.6 Å². The van der Waals surface area contributed by atoms with E-state index in [-0.39, 0.29) is 42.1 Å². The van der Waals surface area contributed by atoms with Gasteiger partial charge in [0.2, 0.25) is 11.8 Å². The Morgan fingerprint density at radius 3 is 2.30 bits per heavy atom. The molecule has 1 aromatic rings. The predicted molar refractivity (Wildman–Crippen MR) is 106 cm³/mol. The van der Waals surface area contributed by atoms with Gasteiger partial charge in [-0.2, -0.15) is 8.78 Å². The van der Waals surface area contributed by atoms with E-state index in [0.717, 1.165) is 25.7 Å². The Bertz CT molecular complexity index is 802. The van der Waals surface area contributed by atoms with Gasteiger partial charge in [-0.3, -0.25) is 14.4 Å². The number of benzene rings is 1. The third-order valence-electron chi connectivity index (χ3n) is 6.29. The van der Waals surface area contributed by atoms with Crippen molar-refractivity contribution in [3.63, 3.8) is 0 Å². The molecule has 0 aliphatic heterocycles. The molecule has 2 N–H and O–H groups in total. The number of nitrogens with one attached hydrogen (secondary N) is 2. The number of Topliss-reactive ketones (excluding diaryl/α,β-unsaturated/α-hetero) is 1. The number of rotatable bonds is 8. The normalized spacial score (nSPS) is 24.8. The monoisotopic (exact) mass is 422 g/mol. The fraction of sp³-hybridized carbons (Fsp3) is 0.591. The van der Waals surface area contributed by atoms with Gasteiger partial charge in [-0.1, -0.05) is 31.0 Å². The number of para-hydroxylation sites is 1. The molecule has 2 amide bonds. The average molecular weight is 422 g/mol. The molecular formula is C22H28F2N2O4. The molecule has 6 nitrogen and oxygen atoms in total. The van der Waals surface area contributed by atoms with Crippen LogP contribution in [-0.4, -0.2) is 29.7 Å². The van der Waals surface area contributed by atoms with Crippen molar-refractivity contribution in [2.75, 3.05) is 0 Å². The number of hydrogen-bond donors (Lipinski definition) is 2. The Balaban J connectivity index is 1.77. The molecule has 2 aliphatic rings. The van der Waals surface area contributed by atoms with Crippen molar-refractivity contribution in [3.05, 3.63) is 29.8 Å². The van der Waals surface area contributed by atoms with Gasteiger partial charge in [0.05, 0.1) is 11.6 Å². The Morgan fingerprint density at radius 2 is 1.73 bits per heavy atom. The molecule has 1 aromatic carbocycles. The third-order valence-corrected chi connectivity index (χ3v) is 6.29. The van der Waals surface area contributed by atoms with Gasteiger partial charge in [-0.15, -0.1) is 0 Å². The Labute approximate surface area is 174 Å². The van der Waals surface area contributed by atoms with Crippen molar-refractivity contribution < 1.29 is 27.9 Å². The van der Waals surface area contributed by atoms with Crippen LogP contribution >= 0.6 is 0 Å². The SMILES string of the molecule is CC(=O)NC1(C(C)=O)CC(C(=O)N[C@@H](c2ccccc2OC(F)F)C2CCCC2)C1. The number of halogens is 2. The van der Waals surface area contributed by atoms with Gasteiger partial charge in [-0.25, -0.2) is 0 Å². The smallest absolute Gasteiger partial charge is 0.387 e. The first-order chi connectivity index (χ1) is 14.2. The second-order valence-corrected chi connectivity index (χ2v) is 8.37. The van der Waals surface area contributed by atoms with E-state index in [2.05, 4.69) is 10.6 Å². The quantitative estimate of drug-likeness (QED) is 0.672. The minimum absolute atomic E-state index is 0.0645. The molecule has 0 radical (unpaired) electrons. The van der Waals surface area contributed by atoms with Crippen LogP contribution in [0, 0.1) is 11.8 Å². The first kappa shape index (κ1) is 22.2. The van der Waals surface area contributed by atoms with E-state index >= 15 is 0 Å². The average Bonchev–Trinajstić information content (AvgIpc) is 3.16. The van der Waals surface area contributed by atoms with E-state index < -0.39 is 24.1 Å². The maximum Gasteiger partial charge on any atom is 0.387 e. The zero-order chi connectivity index (χ0) is 21.9. The lowest BCUT2D eigenvalue weighted by molar-refractivity contribution is -0.142. The van der Waals surface area contributed by atoms with Crippen molar-refractivity contribution in [1.82, 2.24) is 10.6 Å². The Kier molecular flexibility index (Phi) is 6.73. The van der Waals surface area contributed by atoms with Crippen molar-refractivity contribution in [3.8, 4) is 5.75 Å². The number of ketones is 1. The molecule has 0 spiro atoms. The van der Waals surface area contributed by atoms with E-state index in [0.29, 0.717) is 5.56 Å². The van der Waals surface area contributed by atoms with Crippen LogP contribution < -0.4 is 15.4 Å². The van der Waals surface area contributed by atoms with Gasteiger partial charge in [0.25, 0.3) is 0 Å². The molecule has 2 aliphatic carbocycles. The number of ether oxygens (including phenoxy) is 1. The molecule has 2 fully saturated rings. The predicted octanol–water partition coefficient (Wildman–Crippen LogP) is 3.51. The molecular weight excluding hydrogens is 394 g/mol. The van der Waals surface area contributed by atoms with Gasteiger partial charge in [-0.05, 0) is 44.6 Å². The summed E-state index contributed by atoms with van der Waals surface area (Å²) in [5.74, 6) is -0.955. The molecule has 0 bridgehead atoms. The van der Waals surface area contributed by atoms with Gasteiger partial charge in [0, 0.05) is 18.4 Å². The molecule has 1 atom stereocenters. The van der Waals surface area contributed by atoms with Crippen LogP contribution in [0.2, 0.25) is 0 Å². The molecule has 30 heavy (non-hydrogen) atoms. The van der Waals surface area contributed by atoms with E-state index in [1.54, 1.807) is 18.2 Å². The summed E-state index contributed by atoms with van der Waals surface area (Å²) in [6.45, 7) is -0.205. The Hall–Kier alpha value is -2.51. The fourth-order valence-corrected chi connectivity index (χ4v) is 4.73. The summed E-state index contributed by atoms with van der Waals surface area (Å²) in [5, 5.41) is 5.71. The Morgan fingerprint density at radius 1 is 1.10 bits per heavy atom. The summed E-state index contributed by atoms with van der Waals surface area (Å²) in [6, 6.07) is 6.11. The zero-order valence-electron chi connectivity index (χ0n) is 17.3. The largest absolute Gasteiger partial charge is 0.434 e. The van der Waals surface area contributed by atoms with Crippen molar-refractivity contribution in [1.29, 1.82) is 0 Å². The molecule has 8 heteroatoms. The third kappa shape index (κ3) is 4.79. The summed E-state index contributed by atoms with van der Waals surface area (Å²) in [6.07, 6.45) is 4.30. The maximum absolute atomic E-state index is 13.0. The van der Waals surface area contributed by atoms with Crippen LogP contribution in [-0.2, 0) is 14.4 Å². The van der Waals surface area contributed by atoms with Gasteiger partial charge >= 0.3 is 6.61 Å². The zero-order valence-corrected chi connectivity index (χ0v) is 17.3. The van der Waals surface area contributed by atoms with Gasteiger partial charge < -0.3 is 15.4 Å². The van der Waals surface area contributed by atoms with E-state index in [9.17, 15) is 23.2 Å². The topological polar surface area (TPSA) is 84.5 Å². The molecule has 0 aromatic heterocycles. The number of amides is 2. The molecule has 2 saturated carbocycles. The van der Waals surface area contributed by atoms with Crippen LogP contribution in [0.5, 0.6) is 5.75 Å². The lowest BCUT2D eigenvalue weighted by atomic mass is 9.65. The fourth-order valence-electron chi connectivity index (χ4n) is 4.73. The van der Waals surface area contributed by atoms with Crippen LogP contribution in [0.25, 0.3) is 0 Å². The summed E-state index contributed by atoms with van der Waals surface area (Å²) in [4.78, 5) is 36.4. The molecule has 0 unspecified atom stereocenters. The van der Waals surface area contributed by atoms with E-state index in [1.165, 1.54) is 19.9 Å². The van der Waals surface area contributed by atoms with Crippen LogP contribution in [0.1, 0.15) is 64.0 Å². The van der Waals surface area contributed by atoms with E-state index in [4.69, 9.17) is 4.74 Å². The summed E-state index contributed by atoms with van der Waals surface area (Å²) < 4.78 is 30.5. The summed E-state index contributed by atoms with van der Waals surface area (Å²) in [5.41, 5.74) is -0.454. The minimum Gasteiger partial charge on any atom is -0.434 e. The lowest BCUT2D eigenvalue weighted by Gasteiger charge is -2.45. The van der Waals surface area contributed by atoms with Gasteiger partial charge in [0.1, 0.15) is 5.75 Å². The highest BCUT2D eigenvalue weighted by Crippen LogP contribution is 2.42. The highest BCUT2D eigenvalue weighted by atomic mass is 19.3. The highest BCUT2D eigenvalue weighted by molar-refractivity contribution is 5.94. The number of alkyl halides is 2. The standard InChI is InChI=1S/C22H28F2N2O4/c1-13(27)22(26-14(2)28)11-16(12-22)20(29)25-19(15-7-3-4-8-15)17-9-5-6-10-18(17)30-21(23)24/h5-6,9-10,15-16,19,21H,3-4,7-8,11-12H2,1-2H3,(H,25,29)(H,26,28)/t16?,19-,22?/m1/s1. The second-order valence-electron chi connectivity index (χ2n) is 8.37. The molecule has 164 valence electrons. The van der Waals surface area contributed by atoms with Crippen LogP contribution in [0.3, 0.4) is 0 Å². The molecule has 3 rings (SSSR count). The number of carbonyl (C=O) groups excluding carboxylic acids is 3. The summed E-state index contributed by atoms with van der Waals surface area (Å²) in [7, 11) is 0. The van der Waals surface area contributed by atoms with Crippen molar-refractivity contribution in [2.24, 2.45) is 11.8 Å². The van der Waals surface area contributed by atoms with Crippen molar-refractivity contribution in [2.45, 2.75) is 70.6 Å². The first-order valence-electron chi connectivity index (χ1n) is 10.4. The van der Waals surface area contributed by atoms with Crippen LogP contribution in [0.4, 0.5) is 8.78 Å². The maximum atomic E-state index is 13.0. The van der Waals surface area contributed by atoms with Crippen LogP contribution in [0.15, 0.2) is 24.3 Å². The summed E-state index contributed by atoms with van der Waals surface area (Å²) >= 11 is 0.